The molecule has 140 valence electrons. The van der Waals surface area contributed by atoms with Crippen molar-refractivity contribution in [1.29, 1.82) is 0 Å². The molecule has 2 aromatic rings. The molecule has 27 heavy (non-hydrogen) atoms. The van der Waals surface area contributed by atoms with Crippen LogP contribution in [0.4, 0.5) is 0 Å². The fraction of sp³-hybridized carbons (Fsp3) is 0.238. The normalized spacial score (nSPS) is 13.0. The van der Waals surface area contributed by atoms with Crippen LogP contribution in [-0.4, -0.2) is 32.8 Å². The highest BCUT2D eigenvalue weighted by Crippen LogP contribution is 2.36. The number of fused-ring (bicyclic) bond motifs is 1. The minimum atomic E-state index is -0.576. The lowest BCUT2D eigenvalue weighted by molar-refractivity contribution is -0.133. The number of hydrogen-bond acceptors (Lipinski definition) is 6. The number of hydrogen-bond donors (Lipinski definition) is 0. The Morgan fingerprint density at radius 3 is 2.26 bits per heavy atom. The average Bonchev–Trinajstić information content (AvgIpc) is 3.18. The lowest BCUT2D eigenvalue weighted by atomic mass is 9.92. The van der Waals surface area contributed by atoms with E-state index in [1.54, 1.807) is 49.6 Å². The van der Waals surface area contributed by atoms with Crippen LogP contribution >= 0.6 is 0 Å². The second kappa shape index (κ2) is 7.95. The van der Waals surface area contributed by atoms with Gasteiger partial charge in [-0.2, -0.15) is 0 Å². The van der Waals surface area contributed by atoms with Crippen molar-refractivity contribution in [2.24, 2.45) is 0 Å². The number of benzene rings is 2. The highest BCUT2D eigenvalue weighted by Gasteiger charge is 2.25. The summed E-state index contributed by atoms with van der Waals surface area (Å²) >= 11 is 0. The lowest BCUT2D eigenvalue weighted by Crippen LogP contribution is -2.13. The van der Waals surface area contributed by atoms with Crippen LogP contribution in [0.25, 0.3) is 5.57 Å². The Labute approximate surface area is 157 Å². The number of ketones is 1. The van der Waals surface area contributed by atoms with Gasteiger partial charge in [-0.25, -0.2) is 4.79 Å². The highest BCUT2D eigenvalue weighted by atomic mass is 16.7. The van der Waals surface area contributed by atoms with Crippen LogP contribution < -0.4 is 14.2 Å². The molecule has 0 N–H and O–H groups in total. The Morgan fingerprint density at radius 1 is 0.963 bits per heavy atom. The number of rotatable bonds is 6. The summed E-state index contributed by atoms with van der Waals surface area (Å²) in [6, 6.07) is 11.9. The van der Waals surface area contributed by atoms with E-state index in [-0.39, 0.29) is 18.1 Å². The molecule has 6 heteroatoms. The van der Waals surface area contributed by atoms with Gasteiger partial charge >= 0.3 is 5.97 Å². The van der Waals surface area contributed by atoms with E-state index >= 15 is 0 Å². The van der Waals surface area contributed by atoms with Crippen molar-refractivity contribution in [3.05, 3.63) is 59.2 Å². The second-order valence-electron chi connectivity index (χ2n) is 5.82. The minimum Gasteiger partial charge on any atom is -0.497 e. The van der Waals surface area contributed by atoms with Crippen molar-refractivity contribution >= 4 is 17.3 Å². The SMILES string of the molecule is CC/C(C(=O)c1ccc(OC)cc1)=C(/C(=O)OC)c1ccc2c(c1)OCO2. The van der Waals surface area contributed by atoms with Crippen LogP contribution in [0.3, 0.4) is 0 Å². The van der Waals surface area contributed by atoms with E-state index in [2.05, 4.69) is 0 Å². The van der Waals surface area contributed by atoms with Gasteiger partial charge in [0.1, 0.15) is 5.75 Å². The van der Waals surface area contributed by atoms with Gasteiger partial charge in [-0.15, -0.1) is 0 Å². The quantitative estimate of drug-likeness (QED) is 0.440. The molecule has 6 nitrogen and oxygen atoms in total. The molecule has 0 saturated carbocycles. The smallest absolute Gasteiger partial charge is 0.338 e. The van der Waals surface area contributed by atoms with Crippen molar-refractivity contribution in [3.8, 4) is 17.2 Å². The number of carbonyl (C=O) groups excluding carboxylic acids is 2. The van der Waals surface area contributed by atoms with Gasteiger partial charge in [0.05, 0.1) is 19.8 Å². The second-order valence-corrected chi connectivity index (χ2v) is 5.82. The van der Waals surface area contributed by atoms with Crippen LogP contribution in [0, 0.1) is 0 Å². The first-order valence-corrected chi connectivity index (χ1v) is 8.49. The van der Waals surface area contributed by atoms with Crippen LogP contribution in [0.15, 0.2) is 48.0 Å². The third kappa shape index (κ3) is 3.65. The number of esters is 1. The molecule has 3 rings (SSSR count). The molecule has 1 aliphatic rings. The van der Waals surface area contributed by atoms with Gasteiger partial charge in [-0.1, -0.05) is 13.0 Å². The van der Waals surface area contributed by atoms with E-state index in [0.29, 0.717) is 40.4 Å². The van der Waals surface area contributed by atoms with E-state index < -0.39 is 5.97 Å². The predicted molar refractivity (Wildman–Crippen MR) is 99.1 cm³/mol. The van der Waals surface area contributed by atoms with E-state index in [4.69, 9.17) is 18.9 Å². The van der Waals surface area contributed by atoms with Crippen LogP contribution in [0.5, 0.6) is 17.2 Å². The molecule has 0 amide bonds. The summed E-state index contributed by atoms with van der Waals surface area (Å²) < 4.78 is 20.8. The molecular weight excluding hydrogens is 348 g/mol. The third-order valence-electron chi connectivity index (χ3n) is 4.33. The van der Waals surface area contributed by atoms with Gasteiger partial charge in [0.25, 0.3) is 0 Å². The summed E-state index contributed by atoms with van der Waals surface area (Å²) in [6.45, 7) is 1.95. The Kier molecular flexibility index (Phi) is 5.45. The van der Waals surface area contributed by atoms with Crippen LogP contribution in [0.1, 0.15) is 29.3 Å². The number of ether oxygens (including phenoxy) is 4. The molecular formula is C21H20O6. The molecule has 0 atom stereocenters. The van der Waals surface area contributed by atoms with Crippen LogP contribution in [-0.2, 0) is 9.53 Å². The molecule has 0 unspecified atom stereocenters. The molecule has 0 aliphatic carbocycles. The molecule has 0 fully saturated rings. The van der Waals surface area contributed by atoms with Crippen molar-refractivity contribution < 1.29 is 28.5 Å². The fourth-order valence-corrected chi connectivity index (χ4v) is 2.94. The molecule has 1 aliphatic heterocycles. The van der Waals surface area contributed by atoms with Crippen molar-refractivity contribution in [3.63, 3.8) is 0 Å². The number of methoxy groups -OCH3 is 2. The Balaban J connectivity index is 2.09. The van der Waals surface area contributed by atoms with Gasteiger partial charge in [0.2, 0.25) is 6.79 Å². The van der Waals surface area contributed by atoms with E-state index in [9.17, 15) is 9.59 Å². The first-order chi connectivity index (χ1) is 13.1. The van der Waals surface area contributed by atoms with Crippen LogP contribution in [0.2, 0.25) is 0 Å². The minimum absolute atomic E-state index is 0.126. The summed E-state index contributed by atoms with van der Waals surface area (Å²) in [5, 5.41) is 0. The summed E-state index contributed by atoms with van der Waals surface area (Å²) in [5.41, 5.74) is 1.60. The van der Waals surface area contributed by atoms with Gasteiger partial charge in [0.15, 0.2) is 17.3 Å². The molecule has 1 heterocycles. The Morgan fingerprint density at radius 2 is 1.63 bits per heavy atom. The molecule has 0 spiro atoms. The molecule has 2 aromatic carbocycles. The van der Waals surface area contributed by atoms with E-state index in [0.717, 1.165) is 0 Å². The van der Waals surface area contributed by atoms with E-state index in [1.165, 1.54) is 7.11 Å². The zero-order valence-electron chi connectivity index (χ0n) is 15.4. The molecule has 0 aromatic heterocycles. The van der Waals surface area contributed by atoms with Crippen molar-refractivity contribution in [2.45, 2.75) is 13.3 Å². The molecule has 0 saturated heterocycles. The lowest BCUT2D eigenvalue weighted by Gasteiger charge is -2.13. The Hall–Kier alpha value is -3.28. The number of carbonyl (C=O) groups is 2. The summed E-state index contributed by atoms with van der Waals surface area (Å²) in [5.74, 6) is 0.965. The van der Waals surface area contributed by atoms with Gasteiger partial charge < -0.3 is 18.9 Å². The Bertz CT molecular complexity index is 895. The first-order valence-electron chi connectivity index (χ1n) is 8.49. The predicted octanol–water partition coefficient (Wildman–Crippen LogP) is 3.64. The topological polar surface area (TPSA) is 71.1 Å². The number of allylic oxidation sites excluding steroid dienone is 1. The maximum Gasteiger partial charge on any atom is 0.338 e. The van der Waals surface area contributed by atoms with Crippen molar-refractivity contribution in [1.82, 2.24) is 0 Å². The summed E-state index contributed by atoms with van der Waals surface area (Å²) in [4.78, 5) is 25.6. The highest BCUT2D eigenvalue weighted by molar-refractivity contribution is 6.26. The van der Waals surface area contributed by atoms with Crippen molar-refractivity contribution in [2.75, 3.05) is 21.0 Å². The molecule has 0 bridgehead atoms. The average molecular weight is 368 g/mol. The standard InChI is InChI=1S/C21H20O6/c1-4-16(20(22)13-5-8-15(24-2)9-6-13)19(21(23)25-3)14-7-10-17-18(11-14)27-12-26-17/h5-11H,4,12H2,1-3H3/b19-16-. The monoisotopic (exact) mass is 368 g/mol. The zero-order chi connectivity index (χ0) is 19.4. The first kappa shape index (κ1) is 18.5. The molecule has 0 radical (unpaired) electrons. The van der Waals surface area contributed by atoms with Gasteiger partial charge in [-0.05, 0) is 48.4 Å². The third-order valence-corrected chi connectivity index (χ3v) is 4.33. The fourth-order valence-electron chi connectivity index (χ4n) is 2.94. The van der Waals surface area contributed by atoms with E-state index in [1.807, 2.05) is 6.92 Å². The maximum atomic E-state index is 13.1. The largest absolute Gasteiger partial charge is 0.497 e. The maximum absolute atomic E-state index is 13.1. The summed E-state index contributed by atoms with van der Waals surface area (Å²) in [6.07, 6.45) is 0.365. The van der Waals surface area contributed by atoms with Gasteiger partial charge in [-0.3, -0.25) is 4.79 Å². The zero-order valence-corrected chi connectivity index (χ0v) is 15.4. The summed E-state index contributed by atoms with van der Waals surface area (Å²) in [7, 11) is 2.85. The number of Topliss-reactive ketones (excluding diaryl/α,β-unsaturated/α-hetero) is 1. The van der Waals surface area contributed by atoms with Gasteiger partial charge in [0, 0.05) is 11.1 Å².